The minimum Gasteiger partial charge on any atom is -0.457 e. The summed E-state index contributed by atoms with van der Waals surface area (Å²) in [5.41, 5.74) is 3.17. The van der Waals surface area contributed by atoms with Gasteiger partial charge in [0.15, 0.2) is 0 Å². The minimum absolute atomic E-state index is 0.263. The van der Waals surface area contributed by atoms with Crippen LogP contribution < -0.4 is 4.74 Å². The topological polar surface area (TPSA) is 9.23 Å². The van der Waals surface area contributed by atoms with Crippen LogP contribution in [0.3, 0.4) is 0 Å². The number of aryl methyl sites for hydroxylation is 1. The van der Waals surface area contributed by atoms with E-state index in [1.807, 2.05) is 12.1 Å². The molecule has 0 aliphatic carbocycles. The van der Waals surface area contributed by atoms with Crippen molar-refractivity contribution in [3.8, 4) is 11.5 Å². The summed E-state index contributed by atoms with van der Waals surface area (Å²) in [7, 11) is 0. The Morgan fingerprint density at radius 3 is 2.45 bits per heavy atom. The fourth-order valence-electron chi connectivity index (χ4n) is 2.25. The molecule has 20 heavy (non-hydrogen) atoms. The molecular weight excluding hydrogens is 275 g/mol. The molecule has 0 fully saturated rings. The SMILES string of the molecule is Cc1cc(Oc2cc(F)cc(CCl)c2)ccc1C(C)C. The second kappa shape index (κ2) is 6.27. The van der Waals surface area contributed by atoms with Crippen LogP contribution in [0, 0.1) is 12.7 Å². The number of hydrogen-bond donors (Lipinski definition) is 0. The van der Waals surface area contributed by atoms with Crippen molar-refractivity contribution in [1.82, 2.24) is 0 Å². The van der Waals surface area contributed by atoms with Gasteiger partial charge in [-0.2, -0.15) is 0 Å². The molecule has 0 saturated heterocycles. The molecular formula is C17H18ClFO. The van der Waals surface area contributed by atoms with E-state index in [0.29, 0.717) is 23.0 Å². The molecule has 0 spiro atoms. The number of rotatable bonds is 4. The number of halogens is 2. The Kier molecular flexibility index (Phi) is 4.66. The van der Waals surface area contributed by atoms with E-state index in [-0.39, 0.29) is 11.7 Å². The Balaban J connectivity index is 2.26. The molecule has 0 aliphatic heterocycles. The molecule has 0 amide bonds. The highest BCUT2D eigenvalue weighted by Gasteiger charge is 2.07. The lowest BCUT2D eigenvalue weighted by molar-refractivity contribution is 0.475. The zero-order chi connectivity index (χ0) is 14.7. The molecule has 0 aliphatic rings. The van der Waals surface area contributed by atoms with Gasteiger partial charge in [-0.25, -0.2) is 4.39 Å². The average molecular weight is 293 g/mol. The molecule has 0 bridgehead atoms. The molecule has 1 nitrogen and oxygen atoms in total. The van der Waals surface area contributed by atoms with Gasteiger partial charge in [0.2, 0.25) is 0 Å². The quantitative estimate of drug-likeness (QED) is 0.648. The Labute approximate surface area is 124 Å². The van der Waals surface area contributed by atoms with E-state index in [2.05, 4.69) is 26.8 Å². The standard InChI is InChI=1S/C17H18ClFO/c1-11(2)17-5-4-15(6-12(17)3)20-16-8-13(10-18)7-14(19)9-16/h4-9,11H,10H2,1-3H3. The number of alkyl halides is 1. The lowest BCUT2D eigenvalue weighted by Crippen LogP contribution is -1.93. The second-order valence-corrected chi connectivity index (χ2v) is 5.47. The van der Waals surface area contributed by atoms with Crippen molar-refractivity contribution in [3.05, 3.63) is 58.9 Å². The summed E-state index contributed by atoms with van der Waals surface area (Å²) in [6.07, 6.45) is 0. The third-order valence-corrected chi connectivity index (χ3v) is 3.49. The molecule has 0 saturated carbocycles. The van der Waals surface area contributed by atoms with E-state index in [1.165, 1.54) is 23.3 Å². The summed E-state index contributed by atoms with van der Waals surface area (Å²) in [5, 5.41) is 0. The van der Waals surface area contributed by atoms with Gasteiger partial charge in [0, 0.05) is 11.9 Å². The van der Waals surface area contributed by atoms with E-state index in [9.17, 15) is 4.39 Å². The molecule has 3 heteroatoms. The third-order valence-electron chi connectivity index (χ3n) is 3.18. The smallest absolute Gasteiger partial charge is 0.130 e. The van der Waals surface area contributed by atoms with E-state index >= 15 is 0 Å². The first-order valence-electron chi connectivity index (χ1n) is 6.63. The van der Waals surface area contributed by atoms with Crippen LogP contribution in [-0.2, 0) is 5.88 Å². The van der Waals surface area contributed by atoms with Crippen molar-refractivity contribution < 1.29 is 9.13 Å². The first-order chi connectivity index (χ1) is 9.49. The molecule has 2 rings (SSSR count). The molecule has 0 radical (unpaired) electrons. The van der Waals surface area contributed by atoms with Crippen molar-refractivity contribution in [2.45, 2.75) is 32.6 Å². The highest BCUT2D eigenvalue weighted by Crippen LogP contribution is 2.28. The Hall–Kier alpha value is -1.54. The van der Waals surface area contributed by atoms with Crippen molar-refractivity contribution >= 4 is 11.6 Å². The van der Waals surface area contributed by atoms with Crippen LogP contribution in [0.5, 0.6) is 11.5 Å². The highest BCUT2D eigenvalue weighted by atomic mass is 35.5. The summed E-state index contributed by atoms with van der Waals surface area (Å²) in [4.78, 5) is 0. The minimum atomic E-state index is -0.339. The summed E-state index contributed by atoms with van der Waals surface area (Å²) in [6.45, 7) is 6.36. The number of hydrogen-bond acceptors (Lipinski definition) is 1. The van der Waals surface area contributed by atoms with Gasteiger partial charge in [0.1, 0.15) is 17.3 Å². The van der Waals surface area contributed by atoms with E-state index in [1.54, 1.807) is 6.07 Å². The fourth-order valence-corrected chi connectivity index (χ4v) is 2.41. The van der Waals surface area contributed by atoms with Crippen molar-refractivity contribution in [2.75, 3.05) is 0 Å². The molecule has 0 atom stereocenters. The third kappa shape index (κ3) is 3.51. The zero-order valence-electron chi connectivity index (χ0n) is 11.9. The van der Waals surface area contributed by atoms with E-state index < -0.39 is 0 Å². The molecule has 2 aromatic carbocycles. The Bertz CT molecular complexity index is 608. The van der Waals surface area contributed by atoms with Gasteiger partial charge in [0.25, 0.3) is 0 Å². The Morgan fingerprint density at radius 1 is 1.10 bits per heavy atom. The Morgan fingerprint density at radius 2 is 1.85 bits per heavy atom. The van der Waals surface area contributed by atoms with Gasteiger partial charge < -0.3 is 4.74 Å². The van der Waals surface area contributed by atoms with Crippen LogP contribution in [-0.4, -0.2) is 0 Å². The van der Waals surface area contributed by atoms with E-state index in [0.717, 1.165) is 0 Å². The largest absolute Gasteiger partial charge is 0.457 e. The number of benzene rings is 2. The van der Waals surface area contributed by atoms with Crippen LogP contribution in [0.2, 0.25) is 0 Å². The summed E-state index contributed by atoms with van der Waals surface area (Å²) in [6, 6.07) is 10.5. The summed E-state index contributed by atoms with van der Waals surface area (Å²) >= 11 is 5.73. The first-order valence-corrected chi connectivity index (χ1v) is 7.17. The van der Waals surface area contributed by atoms with Gasteiger partial charge in [-0.3, -0.25) is 0 Å². The molecule has 0 unspecified atom stereocenters. The maximum absolute atomic E-state index is 13.4. The van der Waals surface area contributed by atoms with Gasteiger partial charge in [0.05, 0.1) is 0 Å². The first kappa shape index (κ1) is 14.9. The van der Waals surface area contributed by atoms with Crippen LogP contribution in [0.25, 0.3) is 0 Å². The van der Waals surface area contributed by atoms with Crippen molar-refractivity contribution in [1.29, 1.82) is 0 Å². The predicted octanol–water partition coefficient (Wildman–Crippen LogP) is 5.79. The van der Waals surface area contributed by atoms with Crippen molar-refractivity contribution in [2.24, 2.45) is 0 Å². The molecule has 0 heterocycles. The maximum atomic E-state index is 13.4. The zero-order valence-corrected chi connectivity index (χ0v) is 12.7. The van der Waals surface area contributed by atoms with Crippen LogP contribution in [0.1, 0.15) is 36.5 Å². The predicted molar refractivity (Wildman–Crippen MR) is 81.3 cm³/mol. The number of ether oxygens (including phenoxy) is 1. The molecule has 0 aromatic heterocycles. The molecule has 106 valence electrons. The average Bonchev–Trinajstić information content (AvgIpc) is 2.37. The maximum Gasteiger partial charge on any atom is 0.130 e. The monoisotopic (exact) mass is 292 g/mol. The lowest BCUT2D eigenvalue weighted by Gasteiger charge is -2.12. The fraction of sp³-hybridized carbons (Fsp3) is 0.294. The van der Waals surface area contributed by atoms with Crippen LogP contribution in [0.15, 0.2) is 36.4 Å². The second-order valence-electron chi connectivity index (χ2n) is 5.20. The van der Waals surface area contributed by atoms with Crippen LogP contribution in [0.4, 0.5) is 4.39 Å². The van der Waals surface area contributed by atoms with Gasteiger partial charge in [-0.15, -0.1) is 11.6 Å². The van der Waals surface area contributed by atoms with Crippen molar-refractivity contribution in [3.63, 3.8) is 0 Å². The molecule has 0 N–H and O–H groups in total. The molecule has 2 aromatic rings. The summed E-state index contributed by atoms with van der Waals surface area (Å²) in [5.74, 6) is 1.57. The van der Waals surface area contributed by atoms with Gasteiger partial charge >= 0.3 is 0 Å². The normalized spacial score (nSPS) is 10.9. The van der Waals surface area contributed by atoms with E-state index in [4.69, 9.17) is 16.3 Å². The van der Waals surface area contributed by atoms with Gasteiger partial charge in [-0.05, 0) is 53.8 Å². The van der Waals surface area contributed by atoms with Gasteiger partial charge in [-0.1, -0.05) is 19.9 Å². The van der Waals surface area contributed by atoms with Crippen LogP contribution >= 0.6 is 11.6 Å². The highest BCUT2D eigenvalue weighted by molar-refractivity contribution is 6.17. The summed E-state index contributed by atoms with van der Waals surface area (Å²) < 4.78 is 19.1. The lowest BCUT2D eigenvalue weighted by atomic mass is 9.98.